The second-order valence-corrected chi connectivity index (χ2v) is 4.27. The Hall–Kier alpha value is -1.62. The fraction of sp³-hybridized carbons (Fsp3) is 0.500. The number of aromatic nitrogens is 3. The molecule has 2 aromatic rings. The van der Waals surface area contributed by atoms with Crippen molar-refractivity contribution < 1.29 is 0 Å². The lowest BCUT2D eigenvalue weighted by molar-refractivity contribution is 0.636. The number of fused-ring (bicyclic) bond motifs is 1. The Kier molecular flexibility index (Phi) is 3.58. The molecule has 0 fully saturated rings. The number of aryl methyl sites for hydroxylation is 1. The minimum atomic E-state index is 0.384. The number of rotatable bonds is 5. The Labute approximate surface area is 101 Å². The Morgan fingerprint density at radius 2 is 2.29 bits per heavy atom. The lowest BCUT2D eigenvalue weighted by Gasteiger charge is -2.18. The molecule has 5 heteroatoms. The highest BCUT2D eigenvalue weighted by Gasteiger charge is 2.09. The van der Waals surface area contributed by atoms with Gasteiger partial charge in [-0.1, -0.05) is 6.92 Å². The molecular weight excluding hydrogens is 214 g/mol. The summed E-state index contributed by atoms with van der Waals surface area (Å²) in [4.78, 5) is 4.21. The van der Waals surface area contributed by atoms with Gasteiger partial charge in [-0.05, 0) is 44.0 Å². The summed E-state index contributed by atoms with van der Waals surface area (Å²) >= 11 is 0. The number of nitrogens with two attached hydrogens (primary N) is 1. The average molecular weight is 233 g/mol. The van der Waals surface area contributed by atoms with Crippen LogP contribution in [0.25, 0.3) is 5.65 Å². The first-order valence-corrected chi connectivity index (χ1v) is 6.01. The predicted molar refractivity (Wildman–Crippen MR) is 69.1 cm³/mol. The second kappa shape index (κ2) is 5.14. The number of hydrogen-bond acceptors (Lipinski definition) is 4. The van der Waals surface area contributed by atoms with Gasteiger partial charge in [-0.25, -0.2) is 4.98 Å². The van der Waals surface area contributed by atoms with Gasteiger partial charge in [0, 0.05) is 6.04 Å². The van der Waals surface area contributed by atoms with Crippen molar-refractivity contribution in [1.82, 2.24) is 14.6 Å². The smallest absolute Gasteiger partial charge is 0.157 e. The van der Waals surface area contributed by atoms with Gasteiger partial charge in [-0.3, -0.25) is 0 Å². The van der Waals surface area contributed by atoms with E-state index in [0.717, 1.165) is 24.3 Å². The molecule has 3 N–H and O–H groups in total. The van der Waals surface area contributed by atoms with E-state index in [1.54, 1.807) is 6.33 Å². The third kappa shape index (κ3) is 2.55. The molecular formula is C12H19N5. The summed E-state index contributed by atoms with van der Waals surface area (Å²) in [6, 6.07) is 4.48. The van der Waals surface area contributed by atoms with Gasteiger partial charge in [0.15, 0.2) is 5.65 Å². The number of pyridine rings is 1. The largest absolute Gasteiger partial charge is 0.367 e. The number of nitrogens with one attached hydrogen (secondary N) is 1. The van der Waals surface area contributed by atoms with Crippen molar-refractivity contribution in [2.75, 3.05) is 11.9 Å². The summed E-state index contributed by atoms with van der Waals surface area (Å²) < 4.78 is 1.83. The molecule has 0 saturated heterocycles. The number of nitrogens with zero attached hydrogens (tertiary/aromatic N) is 3. The van der Waals surface area contributed by atoms with Crippen LogP contribution in [-0.2, 0) is 0 Å². The molecule has 0 aliphatic heterocycles. The van der Waals surface area contributed by atoms with Crippen molar-refractivity contribution in [3.63, 3.8) is 0 Å². The molecule has 0 aliphatic rings. The van der Waals surface area contributed by atoms with E-state index in [-0.39, 0.29) is 0 Å². The van der Waals surface area contributed by atoms with Crippen LogP contribution in [0.3, 0.4) is 0 Å². The summed E-state index contributed by atoms with van der Waals surface area (Å²) in [6.07, 6.45) is 3.58. The summed E-state index contributed by atoms with van der Waals surface area (Å²) in [5.74, 6) is 0.984. The molecule has 0 radical (unpaired) electrons. The van der Waals surface area contributed by atoms with Gasteiger partial charge in [0.05, 0.1) is 0 Å². The first-order valence-electron chi connectivity index (χ1n) is 6.01. The SMILES string of the molecule is CCC(CCN)Nc1cc(C)cc2ncnn12. The van der Waals surface area contributed by atoms with Crippen LogP contribution in [0.1, 0.15) is 25.3 Å². The molecule has 0 spiro atoms. The first kappa shape index (κ1) is 11.9. The van der Waals surface area contributed by atoms with E-state index in [1.807, 2.05) is 10.6 Å². The maximum absolute atomic E-state index is 5.61. The molecule has 5 nitrogen and oxygen atoms in total. The third-order valence-corrected chi connectivity index (χ3v) is 2.88. The van der Waals surface area contributed by atoms with E-state index in [0.29, 0.717) is 12.6 Å². The molecule has 92 valence electrons. The minimum absolute atomic E-state index is 0.384. The summed E-state index contributed by atoms with van der Waals surface area (Å²) in [5, 5.41) is 7.70. The predicted octanol–water partition coefficient (Wildman–Crippen LogP) is 1.58. The molecule has 0 saturated carbocycles. The van der Waals surface area contributed by atoms with Gasteiger partial charge >= 0.3 is 0 Å². The van der Waals surface area contributed by atoms with Crippen LogP contribution in [0.15, 0.2) is 18.5 Å². The fourth-order valence-electron chi connectivity index (χ4n) is 1.95. The average Bonchev–Trinajstić information content (AvgIpc) is 2.76. The maximum Gasteiger partial charge on any atom is 0.157 e. The monoisotopic (exact) mass is 233 g/mol. The standard InChI is InChI=1S/C12H19N5/c1-3-10(4-5-13)16-12-7-9(2)6-11-14-8-15-17(11)12/h6-8,10,16H,3-5,13H2,1-2H3. The zero-order chi connectivity index (χ0) is 12.3. The van der Waals surface area contributed by atoms with Gasteiger partial charge in [-0.2, -0.15) is 9.61 Å². The van der Waals surface area contributed by atoms with Crippen molar-refractivity contribution in [2.45, 2.75) is 32.7 Å². The molecule has 0 aromatic carbocycles. The topological polar surface area (TPSA) is 68.2 Å². The highest BCUT2D eigenvalue weighted by Crippen LogP contribution is 2.15. The lowest BCUT2D eigenvalue weighted by Crippen LogP contribution is -2.23. The van der Waals surface area contributed by atoms with Crippen LogP contribution in [0, 0.1) is 6.92 Å². The molecule has 0 aliphatic carbocycles. The van der Waals surface area contributed by atoms with Crippen LogP contribution >= 0.6 is 0 Å². The highest BCUT2D eigenvalue weighted by atomic mass is 15.3. The van der Waals surface area contributed by atoms with Crippen molar-refractivity contribution in [1.29, 1.82) is 0 Å². The molecule has 0 amide bonds. The summed E-state index contributed by atoms with van der Waals surface area (Å²) in [6.45, 7) is 4.91. The van der Waals surface area contributed by atoms with Gasteiger partial charge in [0.25, 0.3) is 0 Å². The fourth-order valence-corrected chi connectivity index (χ4v) is 1.95. The van der Waals surface area contributed by atoms with E-state index >= 15 is 0 Å². The van der Waals surface area contributed by atoms with Crippen molar-refractivity contribution in [3.8, 4) is 0 Å². The Bertz CT molecular complexity index is 491. The van der Waals surface area contributed by atoms with Gasteiger partial charge in [0.2, 0.25) is 0 Å². The van der Waals surface area contributed by atoms with E-state index < -0.39 is 0 Å². The third-order valence-electron chi connectivity index (χ3n) is 2.88. The lowest BCUT2D eigenvalue weighted by atomic mass is 10.1. The van der Waals surface area contributed by atoms with Crippen LogP contribution in [0.2, 0.25) is 0 Å². The van der Waals surface area contributed by atoms with Crippen LogP contribution < -0.4 is 11.1 Å². The van der Waals surface area contributed by atoms with Crippen molar-refractivity contribution in [3.05, 3.63) is 24.0 Å². The van der Waals surface area contributed by atoms with E-state index in [2.05, 4.69) is 35.3 Å². The number of anilines is 1. The zero-order valence-corrected chi connectivity index (χ0v) is 10.3. The van der Waals surface area contributed by atoms with Crippen molar-refractivity contribution >= 4 is 11.5 Å². The minimum Gasteiger partial charge on any atom is -0.367 e. The molecule has 1 unspecified atom stereocenters. The molecule has 0 bridgehead atoms. The Morgan fingerprint density at radius 1 is 1.47 bits per heavy atom. The van der Waals surface area contributed by atoms with Crippen LogP contribution in [-0.4, -0.2) is 27.2 Å². The zero-order valence-electron chi connectivity index (χ0n) is 10.3. The normalized spacial score (nSPS) is 12.9. The molecule has 2 rings (SSSR count). The molecule has 17 heavy (non-hydrogen) atoms. The summed E-state index contributed by atoms with van der Waals surface area (Å²) in [5.41, 5.74) is 7.65. The second-order valence-electron chi connectivity index (χ2n) is 4.27. The van der Waals surface area contributed by atoms with Gasteiger partial charge in [0.1, 0.15) is 12.1 Å². The Morgan fingerprint density at radius 3 is 3.00 bits per heavy atom. The van der Waals surface area contributed by atoms with Gasteiger partial charge < -0.3 is 11.1 Å². The van der Waals surface area contributed by atoms with Crippen LogP contribution in [0.4, 0.5) is 5.82 Å². The van der Waals surface area contributed by atoms with Crippen molar-refractivity contribution in [2.24, 2.45) is 5.73 Å². The molecule has 2 aromatic heterocycles. The summed E-state index contributed by atoms with van der Waals surface area (Å²) in [7, 11) is 0. The number of hydrogen-bond donors (Lipinski definition) is 2. The molecule has 2 heterocycles. The Balaban J connectivity index is 2.30. The quantitative estimate of drug-likeness (QED) is 0.822. The van der Waals surface area contributed by atoms with Gasteiger partial charge in [-0.15, -0.1) is 0 Å². The maximum atomic E-state index is 5.61. The van der Waals surface area contributed by atoms with E-state index in [9.17, 15) is 0 Å². The highest BCUT2D eigenvalue weighted by molar-refractivity contribution is 5.51. The first-order chi connectivity index (χ1) is 8.24. The van der Waals surface area contributed by atoms with Crippen LogP contribution in [0.5, 0.6) is 0 Å². The van der Waals surface area contributed by atoms with E-state index in [1.165, 1.54) is 5.56 Å². The van der Waals surface area contributed by atoms with E-state index in [4.69, 9.17) is 5.73 Å². The molecule has 1 atom stereocenters.